The van der Waals surface area contributed by atoms with Crippen LogP contribution in [-0.4, -0.2) is 39.4 Å². The summed E-state index contributed by atoms with van der Waals surface area (Å²) in [5.74, 6) is 2.31. The molecular formula is C20H28N2O4S2. The molecule has 1 aromatic carbocycles. The van der Waals surface area contributed by atoms with Crippen molar-refractivity contribution in [2.45, 2.75) is 32.9 Å². The van der Waals surface area contributed by atoms with Gasteiger partial charge in [0, 0.05) is 6.54 Å². The lowest BCUT2D eigenvalue weighted by Gasteiger charge is -2.26. The Hall–Kier alpha value is -1.93. The minimum atomic E-state index is -3.58. The third kappa shape index (κ3) is 6.60. The van der Waals surface area contributed by atoms with Gasteiger partial charge in [0.25, 0.3) is 0 Å². The van der Waals surface area contributed by atoms with E-state index in [1.807, 2.05) is 45.0 Å². The molecule has 0 atom stereocenters. The SMILES string of the molecule is Cc1cc(C)c(N(CC(=O)NCCCSCc2ccco2)S(C)(=O)=O)c(C)c1. The lowest BCUT2D eigenvalue weighted by molar-refractivity contribution is -0.119. The monoisotopic (exact) mass is 424 g/mol. The van der Waals surface area contributed by atoms with Gasteiger partial charge in [0.05, 0.1) is 24.0 Å². The van der Waals surface area contributed by atoms with Crippen LogP contribution in [0.4, 0.5) is 5.69 Å². The van der Waals surface area contributed by atoms with Gasteiger partial charge >= 0.3 is 0 Å². The van der Waals surface area contributed by atoms with E-state index in [1.165, 1.54) is 4.31 Å². The lowest BCUT2D eigenvalue weighted by Crippen LogP contribution is -2.41. The summed E-state index contributed by atoms with van der Waals surface area (Å²) < 4.78 is 31.1. The molecule has 1 heterocycles. The summed E-state index contributed by atoms with van der Waals surface area (Å²) in [7, 11) is -3.58. The Balaban J connectivity index is 1.88. The summed E-state index contributed by atoms with van der Waals surface area (Å²) in [5.41, 5.74) is 3.32. The summed E-state index contributed by atoms with van der Waals surface area (Å²) in [6.07, 6.45) is 3.59. The Morgan fingerprint density at radius 1 is 1.21 bits per heavy atom. The zero-order chi connectivity index (χ0) is 20.7. The highest BCUT2D eigenvalue weighted by Gasteiger charge is 2.24. The number of carbonyl (C=O) groups excluding carboxylic acids is 1. The largest absolute Gasteiger partial charge is 0.468 e. The molecule has 0 aliphatic rings. The van der Waals surface area contributed by atoms with E-state index in [0.717, 1.165) is 46.6 Å². The first kappa shape index (κ1) is 22.4. The van der Waals surface area contributed by atoms with Crippen molar-refractivity contribution in [3.63, 3.8) is 0 Å². The molecule has 0 radical (unpaired) electrons. The fourth-order valence-electron chi connectivity index (χ4n) is 3.08. The zero-order valence-corrected chi connectivity index (χ0v) is 18.5. The quantitative estimate of drug-likeness (QED) is 0.591. The minimum absolute atomic E-state index is 0.219. The Kier molecular flexibility index (Phi) is 8.00. The number of thioether (sulfide) groups is 1. The molecule has 8 heteroatoms. The highest BCUT2D eigenvalue weighted by molar-refractivity contribution is 7.98. The third-order valence-corrected chi connectivity index (χ3v) is 6.36. The molecule has 0 saturated heterocycles. The smallest absolute Gasteiger partial charge is 0.240 e. The van der Waals surface area contributed by atoms with Gasteiger partial charge in [-0.25, -0.2) is 8.42 Å². The van der Waals surface area contributed by atoms with Crippen LogP contribution in [-0.2, 0) is 20.6 Å². The van der Waals surface area contributed by atoms with Crippen LogP contribution in [0.2, 0.25) is 0 Å². The van der Waals surface area contributed by atoms with E-state index in [2.05, 4.69) is 5.32 Å². The standard InChI is InChI=1S/C20H28N2O4S2/c1-15-11-16(2)20(17(3)12-15)22(28(4,24)25)13-19(23)21-8-6-10-27-14-18-7-5-9-26-18/h5,7,9,11-12H,6,8,10,13-14H2,1-4H3,(H,21,23). The fraction of sp³-hybridized carbons (Fsp3) is 0.450. The van der Waals surface area contributed by atoms with E-state index >= 15 is 0 Å². The van der Waals surface area contributed by atoms with Gasteiger partial charge in [-0.2, -0.15) is 11.8 Å². The molecule has 0 aliphatic heterocycles. The summed E-state index contributed by atoms with van der Waals surface area (Å²) in [4.78, 5) is 12.3. The predicted octanol–water partition coefficient (Wildman–Crippen LogP) is 3.41. The van der Waals surface area contributed by atoms with Crippen molar-refractivity contribution in [3.8, 4) is 0 Å². The van der Waals surface area contributed by atoms with Gasteiger partial charge in [0.2, 0.25) is 15.9 Å². The number of sulfonamides is 1. The van der Waals surface area contributed by atoms with Crippen LogP contribution in [0.5, 0.6) is 0 Å². The first-order valence-corrected chi connectivity index (χ1v) is 12.1. The molecule has 0 unspecified atom stereocenters. The van der Waals surface area contributed by atoms with Crippen LogP contribution in [0.15, 0.2) is 34.9 Å². The molecule has 1 N–H and O–H groups in total. The molecule has 2 rings (SSSR count). The number of aryl methyl sites for hydroxylation is 3. The zero-order valence-electron chi connectivity index (χ0n) is 16.8. The average molecular weight is 425 g/mol. The number of furan rings is 1. The molecule has 1 aromatic heterocycles. The second-order valence-corrected chi connectivity index (χ2v) is 9.86. The van der Waals surface area contributed by atoms with Gasteiger partial charge in [-0.3, -0.25) is 9.10 Å². The molecule has 0 saturated carbocycles. The number of hydrogen-bond acceptors (Lipinski definition) is 5. The van der Waals surface area contributed by atoms with Gasteiger partial charge in [0.1, 0.15) is 12.3 Å². The molecule has 154 valence electrons. The second kappa shape index (κ2) is 10.0. The molecule has 6 nitrogen and oxygen atoms in total. The number of nitrogens with zero attached hydrogens (tertiary/aromatic N) is 1. The normalized spacial score (nSPS) is 11.4. The summed E-state index contributed by atoms with van der Waals surface area (Å²) in [6.45, 7) is 5.98. The van der Waals surface area contributed by atoms with Crippen LogP contribution in [0.1, 0.15) is 28.9 Å². The number of hydrogen-bond donors (Lipinski definition) is 1. The van der Waals surface area contributed by atoms with Gasteiger partial charge in [0.15, 0.2) is 0 Å². The van der Waals surface area contributed by atoms with Gasteiger partial charge in [-0.05, 0) is 56.2 Å². The maximum Gasteiger partial charge on any atom is 0.240 e. The van der Waals surface area contributed by atoms with E-state index in [-0.39, 0.29) is 12.5 Å². The van der Waals surface area contributed by atoms with Gasteiger partial charge in [-0.15, -0.1) is 0 Å². The molecule has 0 aliphatic carbocycles. The number of anilines is 1. The Morgan fingerprint density at radius 2 is 1.89 bits per heavy atom. The number of amides is 1. The highest BCUT2D eigenvalue weighted by Crippen LogP contribution is 2.28. The highest BCUT2D eigenvalue weighted by atomic mass is 32.2. The Labute approximate surface area is 171 Å². The molecule has 2 aromatic rings. The predicted molar refractivity (Wildman–Crippen MR) is 115 cm³/mol. The number of benzene rings is 1. The summed E-state index contributed by atoms with van der Waals surface area (Å²) >= 11 is 1.73. The van der Waals surface area contributed by atoms with Gasteiger partial charge < -0.3 is 9.73 Å². The summed E-state index contributed by atoms with van der Waals surface area (Å²) in [5, 5.41) is 2.82. The van der Waals surface area contributed by atoms with Crippen molar-refractivity contribution in [1.82, 2.24) is 5.32 Å². The molecular weight excluding hydrogens is 396 g/mol. The number of carbonyl (C=O) groups is 1. The van der Waals surface area contributed by atoms with Crippen LogP contribution >= 0.6 is 11.8 Å². The van der Waals surface area contributed by atoms with E-state index in [4.69, 9.17) is 4.42 Å². The topological polar surface area (TPSA) is 79.6 Å². The fourth-order valence-corrected chi connectivity index (χ4v) is 4.91. The molecule has 1 amide bonds. The Bertz CT molecular complexity index is 870. The van der Waals surface area contributed by atoms with Crippen LogP contribution in [0.3, 0.4) is 0 Å². The van der Waals surface area contributed by atoms with Crippen molar-refractivity contribution in [3.05, 3.63) is 53.0 Å². The van der Waals surface area contributed by atoms with Crippen molar-refractivity contribution in [2.24, 2.45) is 0 Å². The van der Waals surface area contributed by atoms with Crippen molar-refractivity contribution in [1.29, 1.82) is 0 Å². The number of nitrogens with one attached hydrogen (secondary N) is 1. The third-order valence-electron chi connectivity index (χ3n) is 4.18. The maximum absolute atomic E-state index is 12.3. The second-order valence-electron chi connectivity index (χ2n) is 6.85. The van der Waals surface area contributed by atoms with Gasteiger partial charge in [-0.1, -0.05) is 17.7 Å². The van der Waals surface area contributed by atoms with Crippen molar-refractivity contribution in [2.75, 3.05) is 29.4 Å². The van der Waals surface area contributed by atoms with Crippen LogP contribution < -0.4 is 9.62 Å². The van der Waals surface area contributed by atoms with E-state index < -0.39 is 10.0 Å². The minimum Gasteiger partial charge on any atom is -0.468 e. The maximum atomic E-state index is 12.3. The molecule has 0 fully saturated rings. The molecule has 28 heavy (non-hydrogen) atoms. The number of rotatable bonds is 10. The first-order valence-electron chi connectivity index (χ1n) is 9.11. The van der Waals surface area contributed by atoms with Crippen molar-refractivity contribution < 1.29 is 17.6 Å². The van der Waals surface area contributed by atoms with E-state index in [0.29, 0.717) is 12.2 Å². The van der Waals surface area contributed by atoms with E-state index in [9.17, 15) is 13.2 Å². The Morgan fingerprint density at radius 3 is 2.46 bits per heavy atom. The van der Waals surface area contributed by atoms with Crippen LogP contribution in [0, 0.1) is 20.8 Å². The van der Waals surface area contributed by atoms with Crippen LogP contribution in [0.25, 0.3) is 0 Å². The molecule has 0 spiro atoms. The van der Waals surface area contributed by atoms with E-state index in [1.54, 1.807) is 18.0 Å². The average Bonchev–Trinajstić information content (AvgIpc) is 3.08. The lowest BCUT2D eigenvalue weighted by atomic mass is 10.1. The van der Waals surface area contributed by atoms with Crippen molar-refractivity contribution >= 4 is 33.4 Å². The molecule has 0 bridgehead atoms. The first-order chi connectivity index (χ1) is 13.2. The summed E-state index contributed by atoms with van der Waals surface area (Å²) in [6, 6.07) is 7.65.